The highest BCUT2D eigenvalue weighted by Gasteiger charge is 2.51. The number of rotatable bonds is 6. The highest BCUT2D eigenvalue weighted by Crippen LogP contribution is 2.40. The monoisotopic (exact) mass is 348 g/mol. The minimum atomic E-state index is -4.41. The molecule has 0 aromatic rings. The largest absolute Gasteiger partial charge is 0.463 e. The van der Waals surface area contributed by atoms with Gasteiger partial charge in [-0.2, -0.15) is 13.2 Å². The molecule has 1 fully saturated rings. The number of alkyl halides is 3. The van der Waals surface area contributed by atoms with Gasteiger partial charge in [0.15, 0.2) is 0 Å². The van der Waals surface area contributed by atoms with Gasteiger partial charge in [0, 0.05) is 6.32 Å². The lowest BCUT2D eigenvalue weighted by atomic mass is 9.84. The van der Waals surface area contributed by atoms with Crippen LogP contribution in [0.2, 0.25) is 6.32 Å². The van der Waals surface area contributed by atoms with E-state index in [4.69, 9.17) is 9.31 Å². The fourth-order valence-corrected chi connectivity index (χ4v) is 2.92. The Kier molecular flexibility index (Phi) is 6.64. The molecule has 1 rings (SSSR count). The van der Waals surface area contributed by atoms with Gasteiger partial charge in [-0.3, -0.25) is 0 Å². The van der Waals surface area contributed by atoms with E-state index in [-0.39, 0.29) is 6.32 Å². The first-order chi connectivity index (χ1) is 10.4. The summed E-state index contributed by atoms with van der Waals surface area (Å²) < 4.78 is 50.8. The van der Waals surface area contributed by atoms with E-state index in [1.165, 1.54) is 11.8 Å². The fraction of sp³-hybridized carbons (Fsp3) is 0.625. The minimum absolute atomic E-state index is 0.288. The average molecular weight is 348 g/mol. The molecule has 1 aliphatic rings. The Morgan fingerprint density at radius 1 is 1.17 bits per heavy atom. The molecular formula is C16H24BF3O2S. The molecule has 0 N–H and O–H groups in total. The molecule has 2 nitrogen and oxygen atoms in total. The molecule has 0 amide bonds. The fourth-order valence-electron chi connectivity index (χ4n) is 2.08. The van der Waals surface area contributed by atoms with E-state index in [0.717, 1.165) is 18.2 Å². The molecule has 7 heteroatoms. The molecule has 130 valence electrons. The molecule has 0 aromatic carbocycles. The van der Waals surface area contributed by atoms with Crippen molar-refractivity contribution in [3.63, 3.8) is 0 Å². The van der Waals surface area contributed by atoms with Gasteiger partial charge in [-0.1, -0.05) is 25.7 Å². The smallest absolute Gasteiger partial charge is 0.403 e. The SMILES string of the molecule is C=C/C=C(\C=C(/CB1OC(C)(C)C(C)(C)O1)SCC)C(F)(F)F. The Morgan fingerprint density at radius 2 is 1.70 bits per heavy atom. The first kappa shape index (κ1) is 20.4. The molecule has 23 heavy (non-hydrogen) atoms. The van der Waals surface area contributed by atoms with Gasteiger partial charge in [0.05, 0.1) is 16.8 Å². The van der Waals surface area contributed by atoms with Gasteiger partial charge < -0.3 is 9.31 Å². The van der Waals surface area contributed by atoms with Crippen LogP contribution < -0.4 is 0 Å². The third kappa shape index (κ3) is 5.43. The molecule has 0 saturated carbocycles. The molecule has 0 radical (unpaired) electrons. The Bertz CT molecular complexity index is 480. The van der Waals surface area contributed by atoms with E-state index in [9.17, 15) is 13.2 Å². The average Bonchev–Trinajstić information content (AvgIpc) is 2.55. The van der Waals surface area contributed by atoms with Crippen LogP contribution in [0, 0.1) is 0 Å². The summed E-state index contributed by atoms with van der Waals surface area (Å²) in [5, 5.41) is 0. The number of halogens is 3. The first-order valence-corrected chi connectivity index (χ1v) is 8.50. The summed E-state index contributed by atoms with van der Waals surface area (Å²) in [5.74, 6) is 0.671. The predicted molar refractivity (Wildman–Crippen MR) is 91.4 cm³/mol. The minimum Gasteiger partial charge on any atom is -0.403 e. The van der Waals surface area contributed by atoms with Crippen molar-refractivity contribution in [3.8, 4) is 0 Å². The molecule has 0 atom stereocenters. The van der Waals surface area contributed by atoms with Crippen molar-refractivity contribution in [2.75, 3.05) is 5.75 Å². The highest BCUT2D eigenvalue weighted by atomic mass is 32.2. The first-order valence-electron chi connectivity index (χ1n) is 7.52. The summed E-state index contributed by atoms with van der Waals surface area (Å²) in [5.41, 5.74) is -1.72. The van der Waals surface area contributed by atoms with Crippen LogP contribution in [0.25, 0.3) is 0 Å². The van der Waals surface area contributed by atoms with Crippen LogP contribution >= 0.6 is 11.8 Å². The van der Waals surface area contributed by atoms with E-state index < -0.39 is 30.1 Å². The van der Waals surface area contributed by atoms with Crippen LogP contribution in [-0.2, 0) is 9.31 Å². The number of hydrogen-bond donors (Lipinski definition) is 0. The normalized spacial score (nSPS) is 21.7. The molecule has 1 saturated heterocycles. The topological polar surface area (TPSA) is 18.5 Å². The maximum atomic E-state index is 13.0. The lowest BCUT2D eigenvalue weighted by Crippen LogP contribution is -2.41. The third-order valence-corrected chi connectivity index (χ3v) is 4.88. The van der Waals surface area contributed by atoms with E-state index in [0.29, 0.717) is 10.7 Å². The van der Waals surface area contributed by atoms with Crippen LogP contribution in [0.1, 0.15) is 34.6 Å². The van der Waals surface area contributed by atoms with Crippen LogP contribution in [-0.4, -0.2) is 30.2 Å². The van der Waals surface area contributed by atoms with Crippen LogP contribution in [0.15, 0.2) is 35.3 Å². The summed E-state index contributed by atoms with van der Waals surface area (Å²) in [6, 6.07) is 0. The van der Waals surface area contributed by atoms with E-state index in [1.807, 2.05) is 34.6 Å². The van der Waals surface area contributed by atoms with Crippen LogP contribution in [0.3, 0.4) is 0 Å². The molecule has 1 heterocycles. The van der Waals surface area contributed by atoms with E-state index >= 15 is 0 Å². The highest BCUT2D eigenvalue weighted by molar-refractivity contribution is 8.03. The summed E-state index contributed by atoms with van der Waals surface area (Å²) in [7, 11) is -0.552. The molecular weight excluding hydrogens is 324 g/mol. The summed E-state index contributed by atoms with van der Waals surface area (Å²) in [6.45, 7) is 12.9. The van der Waals surface area contributed by atoms with Gasteiger partial charge in [-0.15, -0.1) is 11.8 Å². The summed E-state index contributed by atoms with van der Waals surface area (Å²) in [4.78, 5) is 0.580. The van der Waals surface area contributed by atoms with Crippen molar-refractivity contribution in [2.24, 2.45) is 0 Å². The van der Waals surface area contributed by atoms with Crippen molar-refractivity contribution in [3.05, 3.63) is 35.3 Å². The summed E-state index contributed by atoms with van der Waals surface area (Å²) >= 11 is 1.36. The Hall–Kier alpha value is -0.655. The maximum Gasteiger partial charge on any atom is 0.463 e. The lowest BCUT2D eigenvalue weighted by Gasteiger charge is -2.32. The molecule has 0 spiro atoms. The predicted octanol–water partition coefficient (Wildman–Crippen LogP) is 5.39. The quantitative estimate of drug-likeness (QED) is 0.474. The van der Waals surface area contributed by atoms with Gasteiger partial charge in [-0.05, 0) is 44.4 Å². The van der Waals surface area contributed by atoms with Gasteiger partial charge in [-0.25, -0.2) is 0 Å². The number of allylic oxidation sites excluding steroid dienone is 5. The Morgan fingerprint density at radius 3 is 2.09 bits per heavy atom. The van der Waals surface area contributed by atoms with Gasteiger partial charge >= 0.3 is 13.3 Å². The van der Waals surface area contributed by atoms with Crippen molar-refractivity contribution >= 4 is 18.9 Å². The van der Waals surface area contributed by atoms with Crippen molar-refractivity contribution < 1.29 is 22.5 Å². The van der Waals surface area contributed by atoms with Crippen molar-refractivity contribution in [1.82, 2.24) is 0 Å². The zero-order chi connectivity index (χ0) is 17.9. The zero-order valence-electron chi connectivity index (χ0n) is 14.3. The molecule has 0 aromatic heterocycles. The molecule has 0 aliphatic carbocycles. The number of hydrogen-bond acceptors (Lipinski definition) is 3. The van der Waals surface area contributed by atoms with Gasteiger partial charge in [0.2, 0.25) is 0 Å². The second-order valence-corrected chi connectivity index (χ2v) is 7.68. The van der Waals surface area contributed by atoms with Crippen molar-refractivity contribution in [2.45, 2.75) is 58.3 Å². The van der Waals surface area contributed by atoms with Gasteiger partial charge in [0.1, 0.15) is 0 Å². The van der Waals surface area contributed by atoms with Crippen LogP contribution in [0.5, 0.6) is 0 Å². The van der Waals surface area contributed by atoms with Gasteiger partial charge in [0.25, 0.3) is 0 Å². The van der Waals surface area contributed by atoms with Crippen molar-refractivity contribution in [1.29, 1.82) is 0 Å². The van der Waals surface area contributed by atoms with E-state index in [2.05, 4.69) is 6.58 Å². The Balaban J connectivity index is 2.98. The van der Waals surface area contributed by atoms with E-state index in [1.54, 1.807) is 0 Å². The molecule has 1 aliphatic heterocycles. The third-order valence-electron chi connectivity index (χ3n) is 3.94. The second-order valence-electron chi connectivity index (χ2n) is 6.29. The molecule has 0 unspecified atom stereocenters. The number of thioether (sulfide) groups is 1. The standard InChI is InChI=1S/C16H24BF3O2S/c1-7-9-12(16(18,19)20)10-13(23-8-2)11-17-21-14(3,4)15(5,6)22-17/h7,9-10H,1,8,11H2,2-6H3/b12-9+,13-10+. The van der Waals surface area contributed by atoms with Crippen LogP contribution in [0.4, 0.5) is 13.2 Å². The summed E-state index contributed by atoms with van der Waals surface area (Å²) in [6.07, 6.45) is -0.858. The zero-order valence-corrected chi connectivity index (χ0v) is 15.1. The molecule has 0 bridgehead atoms. The lowest BCUT2D eigenvalue weighted by molar-refractivity contribution is -0.0882. The second kappa shape index (κ2) is 7.49. The Labute approximate surface area is 141 Å². The maximum absolute atomic E-state index is 13.0.